The van der Waals surface area contributed by atoms with Gasteiger partial charge in [0.1, 0.15) is 13.1 Å². The van der Waals surface area contributed by atoms with Crippen LogP contribution in [0, 0.1) is 5.92 Å². The summed E-state index contributed by atoms with van der Waals surface area (Å²) in [5.41, 5.74) is 0.300. The fourth-order valence-corrected chi connectivity index (χ4v) is 3.96. The predicted octanol–water partition coefficient (Wildman–Crippen LogP) is 3.91. The molecular formula is C15H27O4P. The summed E-state index contributed by atoms with van der Waals surface area (Å²) in [6, 6.07) is 0. The zero-order valence-corrected chi connectivity index (χ0v) is 13.8. The van der Waals surface area contributed by atoms with E-state index in [-0.39, 0.29) is 6.16 Å². The zero-order valence-electron chi connectivity index (χ0n) is 12.8. The third-order valence-electron chi connectivity index (χ3n) is 3.89. The van der Waals surface area contributed by atoms with Crippen molar-refractivity contribution in [3.8, 4) is 0 Å². The lowest BCUT2D eigenvalue weighted by molar-refractivity contribution is -0.132. The number of carboxylic acids is 1. The Morgan fingerprint density at radius 1 is 1.35 bits per heavy atom. The molecule has 1 aliphatic carbocycles. The fourth-order valence-electron chi connectivity index (χ4n) is 2.62. The van der Waals surface area contributed by atoms with E-state index in [1.54, 1.807) is 13.8 Å². The number of ether oxygens (including phenoxy) is 1. The summed E-state index contributed by atoms with van der Waals surface area (Å²) in [7, 11) is -2.14. The average Bonchev–Trinajstić information content (AvgIpc) is 2.38. The number of hydrogen-bond acceptors (Lipinski definition) is 3. The van der Waals surface area contributed by atoms with E-state index in [0.29, 0.717) is 18.1 Å². The maximum Gasteiger partial charge on any atom is 0.331 e. The van der Waals surface area contributed by atoms with E-state index >= 15 is 0 Å². The summed E-state index contributed by atoms with van der Waals surface area (Å²) in [6.07, 6.45) is 7.62. The van der Waals surface area contributed by atoms with Crippen LogP contribution in [-0.2, 0) is 14.1 Å². The average molecular weight is 302 g/mol. The molecule has 1 atom stereocenters. The lowest BCUT2D eigenvalue weighted by Crippen LogP contribution is -2.22. The molecule has 0 aromatic rings. The van der Waals surface area contributed by atoms with Gasteiger partial charge in [-0.1, -0.05) is 25.3 Å². The van der Waals surface area contributed by atoms with E-state index in [1.165, 1.54) is 6.42 Å². The summed E-state index contributed by atoms with van der Waals surface area (Å²) in [6.45, 7) is 5.89. The Bertz CT molecular complexity index is 381. The molecule has 1 saturated carbocycles. The van der Waals surface area contributed by atoms with Crippen LogP contribution in [0.2, 0.25) is 0 Å². The molecule has 0 amide bonds. The topological polar surface area (TPSA) is 63.6 Å². The van der Waals surface area contributed by atoms with Crippen LogP contribution in [0.4, 0.5) is 0 Å². The minimum absolute atomic E-state index is 0.128. The van der Waals surface area contributed by atoms with Crippen LogP contribution in [0.15, 0.2) is 11.6 Å². The van der Waals surface area contributed by atoms with E-state index in [4.69, 9.17) is 4.74 Å². The Labute approximate surface area is 122 Å². The van der Waals surface area contributed by atoms with Crippen LogP contribution in [0.1, 0.15) is 52.9 Å². The summed E-state index contributed by atoms with van der Waals surface area (Å²) < 4.78 is 17.8. The van der Waals surface area contributed by atoms with Gasteiger partial charge in [-0.05, 0) is 39.5 Å². The number of hydrogen-bond donors (Lipinski definition) is 1. The molecule has 0 aliphatic heterocycles. The normalized spacial score (nSPS) is 19.9. The highest BCUT2D eigenvalue weighted by molar-refractivity contribution is 7.46. The van der Waals surface area contributed by atoms with Crippen LogP contribution in [0.25, 0.3) is 0 Å². The standard InChI is InChI=1S/C15H27O4P/c1-4-19-15(2,3)20(18)11-13(14(16)17)10-12-8-6-5-7-9-12/h10,12,20H,4-9,11H2,1-3H3,(H,16,17)/b13-10-. The first-order chi connectivity index (χ1) is 9.36. The number of allylic oxidation sites excluding steroid dienone is 1. The Morgan fingerprint density at radius 2 is 1.95 bits per heavy atom. The summed E-state index contributed by atoms with van der Waals surface area (Å²) in [5.74, 6) is -0.610. The van der Waals surface area contributed by atoms with Gasteiger partial charge in [-0.3, -0.25) is 0 Å². The van der Waals surface area contributed by atoms with Crippen LogP contribution >= 0.6 is 7.80 Å². The highest BCUT2D eigenvalue weighted by atomic mass is 31.1. The maximum atomic E-state index is 12.4. The van der Waals surface area contributed by atoms with Gasteiger partial charge < -0.3 is 14.4 Å². The molecule has 0 heterocycles. The van der Waals surface area contributed by atoms with Gasteiger partial charge in [0.2, 0.25) is 0 Å². The van der Waals surface area contributed by atoms with Crippen molar-refractivity contribution in [2.45, 2.75) is 58.2 Å². The Morgan fingerprint density at radius 3 is 2.45 bits per heavy atom. The largest absolute Gasteiger partial charge is 0.478 e. The van der Waals surface area contributed by atoms with Gasteiger partial charge in [0.05, 0.1) is 0 Å². The molecule has 4 nitrogen and oxygen atoms in total. The second-order valence-corrected chi connectivity index (χ2v) is 8.34. The number of rotatable bonds is 7. The van der Waals surface area contributed by atoms with Crippen LogP contribution in [0.3, 0.4) is 0 Å². The molecule has 1 aliphatic rings. The molecule has 0 bridgehead atoms. The SMILES string of the molecule is CCOC(C)(C)[PH](=O)C/C(=C/C1CCCCC1)C(=O)O. The van der Waals surface area contributed by atoms with Crippen LogP contribution < -0.4 is 0 Å². The van der Waals surface area contributed by atoms with E-state index in [1.807, 2.05) is 13.0 Å². The first-order valence-corrected chi connectivity index (χ1v) is 9.09. The Kier molecular flexibility index (Phi) is 6.97. The van der Waals surface area contributed by atoms with E-state index in [2.05, 4.69) is 0 Å². The lowest BCUT2D eigenvalue weighted by Gasteiger charge is -2.25. The highest BCUT2D eigenvalue weighted by Gasteiger charge is 2.28. The molecule has 0 aromatic heterocycles. The molecule has 0 radical (unpaired) electrons. The van der Waals surface area contributed by atoms with Gasteiger partial charge in [-0.2, -0.15) is 0 Å². The molecule has 0 saturated heterocycles. The van der Waals surface area contributed by atoms with Crippen LogP contribution in [0.5, 0.6) is 0 Å². The summed E-state index contributed by atoms with van der Waals surface area (Å²) >= 11 is 0. The molecule has 1 N–H and O–H groups in total. The van der Waals surface area contributed by atoms with Crippen molar-refractivity contribution in [3.63, 3.8) is 0 Å². The molecular weight excluding hydrogens is 275 g/mol. The second kappa shape index (κ2) is 7.99. The molecule has 20 heavy (non-hydrogen) atoms. The van der Waals surface area contributed by atoms with Crippen molar-refractivity contribution in [3.05, 3.63) is 11.6 Å². The molecule has 1 rings (SSSR count). The second-order valence-electron chi connectivity index (χ2n) is 5.94. The quantitative estimate of drug-likeness (QED) is 0.572. The molecule has 116 valence electrons. The minimum Gasteiger partial charge on any atom is -0.478 e. The van der Waals surface area contributed by atoms with Crippen molar-refractivity contribution in [2.75, 3.05) is 12.8 Å². The van der Waals surface area contributed by atoms with Crippen molar-refractivity contribution in [2.24, 2.45) is 5.92 Å². The minimum atomic E-state index is -2.14. The third-order valence-corrected chi connectivity index (χ3v) is 6.08. The van der Waals surface area contributed by atoms with Gasteiger partial charge in [0, 0.05) is 18.3 Å². The Balaban J connectivity index is 2.74. The van der Waals surface area contributed by atoms with E-state index in [0.717, 1.165) is 25.7 Å². The monoisotopic (exact) mass is 302 g/mol. The van der Waals surface area contributed by atoms with Crippen LogP contribution in [-0.4, -0.2) is 29.2 Å². The van der Waals surface area contributed by atoms with Crippen molar-refractivity contribution in [1.29, 1.82) is 0 Å². The van der Waals surface area contributed by atoms with Gasteiger partial charge >= 0.3 is 5.97 Å². The van der Waals surface area contributed by atoms with E-state index in [9.17, 15) is 14.5 Å². The Hall–Kier alpha value is -0.600. The van der Waals surface area contributed by atoms with Gasteiger partial charge in [-0.15, -0.1) is 0 Å². The predicted molar refractivity (Wildman–Crippen MR) is 81.9 cm³/mol. The number of carboxylic acid groups (broad SMARTS) is 1. The fraction of sp³-hybridized carbons (Fsp3) is 0.800. The zero-order chi connectivity index (χ0) is 15.2. The highest BCUT2D eigenvalue weighted by Crippen LogP contribution is 2.41. The van der Waals surface area contributed by atoms with E-state index < -0.39 is 19.1 Å². The third kappa shape index (κ3) is 5.41. The number of carbonyl (C=O) groups is 1. The van der Waals surface area contributed by atoms with Gasteiger partial charge in [-0.25, -0.2) is 4.79 Å². The first-order valence-electron chi connectivity index (χ1n) is 7.48. The molecule has 5 heteroatoms. The smallest absolute Gasteiger partial charge is 0.331 e. The lowest BCUT2D eigenvalue weighted by atomic mass is 9.88. The summed E-state index contributed by atoms with van der Waals surface area (Å²) in [4.78, 5) is 11.4. The van der Waals surface area contributed by atoms with Crippen molar-refractivity contribution in [1.82, 2.24) is 0 Å². The first kappa shape index (κ1) is 17.5. The maximum absolute atomic E-state index is 12.4. The van der Waals surface area contributed by atoms with Crippen molar-refractivity contribution < 1.29 is 19.2 Å². The molecule has 0 aromatic carbocycles. The molecule has 0 spiro atoms. The van der Waals surface area contributed by atoms with Crippen molar-refractivity contribution >= 4 is 13.8 Å². The molecule has 1 fully saturated rings. The van der Waals surface area contributed by atoms with Gasteiger partial charge in [0.25, 0.3) is 0 Å². The molecule has 1 unspecified atom stereocenters. The summed E-state index contributed by atoms with van der Waals surface area (Å²) in [5, 5.41) is 8.58. The number of aliphatic carboxylic acids is 1. The van der Waals surface area contributed by atoms with Gasteiger partial charge in [0.15, 0.2) is 0 Å².